The third-order valence-corrected chi connectivity index (χ3v) is 2.41. The zero-order valence-corrected chi connectivity index (χ0v) is 8.20. The molecule has 0 amide bonds. The van der Waals surface area contributed by atoms with E-state index in [2.05, 4.69) is 5.73 Å². The van der Waals surface area contributed by atoms with Crippen LogP contribution in [0.2, 0.25) is 0 Å². The lowest BCUT2D eigenvalue weighted by atomic mass is 9.75. The van der Waals surface area contributed by atoms with E-state index in [1.54, 1.807) is 0 Å². The van der Waals surface area contributed by atoms with Crippen molar-refractivity contribution in [3.05, 3.63) is 0 Å². The van der Waals surface area contributed by atoms with Gasteiger partial charge in [0.15, 0.2) is 0 Å². The molecule has 74 valence electrons. The van der Waals surface area contributed by atoms with E-state index in [4.69, 9.17) is 5.11 Å². The molecular weight excluding hydrogens is 154 g/mol. The number of rotatable bonds is 2. The van der Waals surface area contributed by atoms with Gasteiger partial charge in [-0.2, -0.15) is 0 Å². The summed E-state index contributed by atoms with van der Waals surface area (Å²) in [5, 5.41) is 18.6. The maximum Gasteiger partial charge on any atom is 0.0615 e. The van der Waals surface area contributed by atoms with E-state index in [0.717, 1.165) is 12.8 Å². The molecule has 3 heteroatoms. The molecule has 1 rings (SSSR count). The van der Waals surface area contributed by atoms with Crippen LogP contribution in [0.25, 0.3) is 0 Å². The Balaban J connectivity index is 0.000000561. The molecule has 12 heavy (non-hydrogen) atoms. The van der Waals surface area contributed by atoms with Gasteiger partial charge in [-0.05, 0) is 25.8 Å². The molecule has 1 saturated carbocycles. The summed E-state index contributed by atoms with van der Waals surface area (Å²) < 4.78 is 0. The first-order valence-corrected chi connectivity index (χ1v) is 4.56. The molecule has 0 aromatic heterocycles. The van der Waals surface area contributed by atoms with Crippen molar-refractivity contribution < 1.29 is 10.2 Å². The van der Waals surface area contributed by atoms with Gasteiger partial charge in [0.1, 0.15) is 0 Å². The molecule has 4 N–H and O–H groups in total. The van der Waals surface area contributed by atoms with Crippen molar-refractivity contribution in [1.82, 2.24) is 0 Å². The van der Waals surface area contributed by atoms with E-state index in [0.29, 0.717) is 0 Å². The molecule has 3 unspecified atom stereocenters. The summed E-state index contributed by atoms with van der Waals surface area (Å²) in [6.45, 7) is 3.96. The lowest BCUT2D eigenvalue weighted by molar-refractivity contribution is -0.0679. The van der Waals surface area contributed by atoms with Gasteiger partial charge in [0.2, 0.25) is 0 Å². The van der Waals surface area contributed by atoms with Crippen molar-refractivity contribution in [2.75, 3.05) is 7.05 Å². The van der Waals surface area contributed by atoms with Crippen LogP contribution in [-0.4, -0.2) is 29.5 Å². The van der Waals surface area contributed by atoms with Gasteiger partial charge < -0.3 is 15.9 Å². The summed E-state index contributed by atoms with van der Waals surface area (Å²) in [5.41, 5.74) is 4.50. The Morgan fingerprint density at radius 1 is 1.25 bits per heavy atom. The first-order valence-electron chi connectivity index (χ1n) is 4.56. The van der Waals surface area contributed by atoms with Gasteiger partial charge in [0.05, 0.1) is 12.2 Å². The van der Waals surface area contributed by atoms with Gasteiger partial charge in [0.25, 0.3) is 0 Å². The average Bonchev–Trinajstić information content (AvgIpc) is 2.05. The van der Waals surface area contributed by atoms with Gasteiger partial charge in [-0.15, -0.1) is 0 Å². The van der Waals surface area contributed by atoms with E-state index in [1.807, 2.05) is 13.8 Å². The van der Waals surface area contributed by atoms with Crippen molar-refractivity contribution in [3.63, 3.8) is 0 Å². The molecule has 0 bridgehead atoms. The largest absolute Gasteiger partial charge is 0.393 e. The lowest BCUT2D eigenvalue weighted by Gasteiger charge is -2.37. The Kier molecular flexibility index (Phi) is 5.46. The van der Waals surface area contributed by atoms with E-state index >= 15 is 0 Å². The fourth-order valence-corrected chi connectivity index (χ4v) is 1.40. The molecule has 0 aromatic rings. The predicted molar refractivity (Wildman–Crippen MR) is 49.7 cm³/mol. The summed E-state index contributed by atoms with van der Waals surface area (Å²) in [6, 6.07) is 0. The van der Waals surface area contributed by atoms with Crippen molar-refractivity contribution in [2.45, 2.75) is 38.9 Å². The highest BCUT2D eigenvalue weighted by molar-refractivity contribution is 4.86. The van der Waals surface area contributed by atoms with Gasteiger partial charge in [-0.1, -0.05) is 13.8 Å². The standard InChI is InChI=1S/C8H16O2.CH5N/c1-5(2)8(10)6-3-4-7(6)9;1-2/h5-10H,3-4H2,1-2H3;2H2,1H3. The molecule has 0 radical (unpaired) electrons. The van der Waals surface area contributed by atoms with Crippen LogP contribution in [-0.2, 0) is 0 Å². The monoisotopic (exact) mass is 175 g/mol. The highest BCUT2D eigenvalue weighted by atomic mass is 16.3. The SMILES string of the molecule is CC(C)C(O)C1CCC1O.CN. The maximum absolute atomic E-state index is 9.46. The van der Waals surface area contributed by atoms with Crippen LogP contribution in [0.1, 0.15) is 26.7 Å². The molecule has 1 aliphatic rings. The Labute approximate surface area is 74.6 Å². The minimum Gasteiger partial charge on any atom is -0.393 e. The summed E-state index contributed by atoms with van der Waals surface area (Å²) in [5.74, 6) is 0.431. The molecule has 3 nitrogen and oxygen atoms in total. The lowest BCUT2D eigenvalue weighted by Crippen LogP contribution is -2.42. The van der Waals surface area contributed by atoms with Crippen LogP contribution in [0.15, 0.2) is 0 Å². The second kappa shape index (κ2) is 5.51. The highest BCUT2D eigenvalue weighted by Gasteiger charge is 2.35. The van der Waals surface area contributed by atoms with Crippen LogP contribution in [0.4, 0.5) is 0 Å². The van der Waals surface area contributed by atoms with Gasteiger partial charge in [0, 0.05) is 5.92 Å². The molecule has 0 aromatic carbocycles. The predicted octanol–water partition coefficient (Wildman–Crippen LogP) is 0.349. The molecular formula is C9H21NO2. The molecule has 0 saturated heterocycles. The maximum atomic E-state index is 9.46. The quantitative estimate of drug-likeness (QED) is 0.567. The van der Waals surface area contributed by atoms with Gasteiger partial charge in [-0.3, -0.25) is 0 Å². The normalized spacial score (nSPS) is 30.2. The summed E-state index contributed by atoms with van der Waals surface area (Å²) >= 11 is 0. The van der Waals surface area contributed by atoms with E-state index in [-0.39, 0.29) is 24.0 Å². The number of hydrogen-bond acceptors (Lipinski definition) is 3. The first-order chi connectivity index (χ1) is 5.63. The number of aliphatic hydroxyl groups is 2. The minimum atomic E-state index is -0.302. The van der Waals surface area contributed by atoms with Crippen molar-refractivity contribution in [1.29, 1.82) is 0 Å². The van der Waals surface area contributed by atoms with Crippen LogP contribution >= 0.6 is 0 Å². The fraction of sp³-hybridized carbons (Fsp3) is 1.00. The summed E-state index contributed by atoms with van der Waals surface area (Å²) in [7, 11) is 1.50. The Hall–Kier alpha value is -0.120. The van der Waals surface area contributed by atoms with E-state index in [9.17, 15) is 5.11 Å². The van der Waals surface area contributed by atoms with Gasteiger partial charge >= 0.3 is 0 Å². The topological polar surface area (TPSA) is 66.5 Å². The minimum absolute atomic E-state index is 0.153. The number of aliphatic hydroxyl groups excluding tert-OH is 2. The summed E-state index contributed by atoms with van der Waals surface area (Å²) in [6.07, 6.45) is 1.32. The zero-order valence-electron chi connectivity index (χ0n) is 8.20. The third-order valence-electron chi connectivity index (χ3n) is 2.41. The van der Waals surface area contributed by atoms with Crippen LogP contribution < -0.4 is 5.73 Å². The Morgan fingerprint density at radius 3 is 1.83 bits per heavy atom. The molecule has 0 spiro atoms. The van der Waals surface area contributed by atoms with Gasteiger partial charge in [-0.25, -0.2) is 0 Å². The average molecular weight is 175 g/mol. The Bertz CT molecular complexity index is 112. The molecule has 1 fully saturated rings. The van der Waals surface area contributed by atoms with Crippen LogP contribution in [0.5, 0.6) is 0 Å². The highest BCUT2D eigenvalue weighted by Crippen LogP contribution is 2.32. The van der Waals surface area contributed by atoms with Crippen molar-refractivity contribution in [3.8, 4) is 0 Å². The third kappa shape index (κ3) is 2.73. The molecule has 3 atom stereocenters. The number of hydrogen-bond donors (Lipinski definition) is 3. The fourth-order valence-electron chi connectivity index (χ4n) is 1.40. The van der Waals surface area contributed by atoms with E-state index < -0.39 is 0 Å². The molecule has 1 aliphatic carbocycles. The second-order valence-corrected chi connectivity index (χ2v) is 3.54. The summed E-state index contributed by atoms with van der Waals surface area (Å²) in [4.78, 5) is 0. The van der Waals surface area contributed by atoms with Crippen molar-refractivity contribution in [2.24, 2.45) is 17.6 Å². The first kappa shape index (κ1) is 11.9. The smallest absolute Gasteiger partial charge is 0.0615 e. The number of nitrogens with two attached hydrogens (primary N) is 1. The zero-order chi connectivity index (χ0) is 9.72. The van der Waals surface area contributed by atoms with E-state index in [1.165, 1.54) is 7.05 Å². The molecule has 0 aliphatic heterocycles. The van der Waals surface area contributed by atoms with Crippen molar-refractivity contribution >= 4 is 0 Å². The van der Waals surface area contributed by atoms with Crippen LogP contribution in [0.3, 0.4) is 0 Å². The molecule has 0 heterocycles. The second-order valence-electron chi connectivity index (χ2n) is 3.54. The Morgan fingerprint density at radius 2 is 1.75 bits per heavy atom. The van der Waals surface area contributed by atoms with Crippen LogP contribution in [0, 0.1) is 11.8 Å².